The molecule has 0 aliphatic carbocycles. The van der Waals surface area contributed by atoms with Crippen molar-refractivity contribution in [3.63, 3.8) is 0 Å². The van der Waals surface area contributed by atoms with Gasteiger partial charge in [0, 0.05) is 6.07 Å². The molecule has 25 heavy (non-hydrogen) atoms. The van der Waals surface area contributed by atoms with Crippen LogP contribution in [-0.4, -0.2) is 27.5 Å². The Morgan fingerprint density at radius 2 is 1.92 bits per heavy atom. The molecule has 0 saturated carbocycles. The average molecular weight is 360 g/mol. The highest BCUT2D eigenvalue weighted by molar-refractivity contribution is 7.90. The number of nitrogens with one attached hydrogen (secondary N) is 1. The summed E-state index contributed by atoms with van der Waals surface area (Å²) in [6.45, 7) is 1.39. The zero-order valence-electron chi connectivity index (χ0n) is 13.6. The van der Waals surface area contributed by atoms with Crippen molar-refractivity contribution in [2.45, 2.75) is 17.9 Å². The number of benzene rings is 2. The number of carbonyl (C=O) groups is 1. The Morgan fingerprint density at radius 1 is 1.20 bits per heavy atom. The van der Waals surface area contributed by atoms with Gasteiger partial charge in [-0.05, 0) is 31.2 Å². The fourth-order valence-electron chi connectivity index (χ4n) is 1.95. The Morgan fingerprint density at radius 3 is 2.60 bits per heavy atom. The van der Waals surface area contributed by atoms with E-state index in [2.05, 4.69) is 0 Å². The SMILES string of the molecule is COc1cccc(S(=O)(=O)NC(=O)C(C)Oc2ccccc2C#N)c1. The lowest BCUT2D eigenvalue weighted by molar-refractivity contribution is -0.125. The van der Waals surface area contributed by atoms with E-state index in [1.807, 2.05) is 10.8 Å². The van der Waals surface area contributed by atoms with E-state index in [0.29, 0.717) is 5.75 Å². The van der Waals surface area contributed by atoms with Crippen molar-refractivity contribution in [3.05, 3.63) is 54.1 Å². The summed E-state index contributed by atoms with van der Waals surface area (Å²) >= 11 is 0. The Bertz CT molecular complexity index is 919. The molecule has 0 aliphatic heterocycles. The summed E-state index contributed by atoms with van der Waals surface area (Å²) in [5, 5.41) is 9.02. The molecule has 2 aromatic carbocycles. The van der Waals surface area contributed by atoms with Crippen molar-refractivity contribution in [2.75, 3.05) is 7.11 Å². The maximum absolute atomic E-state index is 12.3. The summed E-state index contributed by atoms with van der Waals surface area (Å²) in [5.41, 5.74) is 0.248. The van der Waals surface area contributed by atoms with Crippen molar-refractivity contribution in [1.29, 1.82) is 5.26 Å². The van der Waals surface area contributed by atoms with Crippen LogP contribution < -0.4 is 14.2 Å². The van der Waals surface area contributed by atoms with E-state index in [9.17, 15) is 13.2 Å². The van der Waals surface area contributed by atoms with Crippen LogP contribution in [0.15, 0.2) is 53.4 Å². The van der Waals surface area contributed by atoms with Gasteiger partial charge in [0.25, 0.3) is 15.9 Å². The molecule has 0 saturated heterocycles. The van der Waals surface area contributed by atoms with Gasteiger partial charge >= 0.3 is 0 Å². The highest BCUT2D eigenvalue weighted by atomic mass is 32.2. The molecule has 2 rings (SSSR count). The highest BCUT2D eigenvalue weighted by Gasteiger charge is 2.23. The van der Waals surface area contributed by atoms with Gasteiger partial charge in [-0.1, -0.05) is 18.2 Å². The summed E-state index contributed by atoms with van der Waals surface area (Å²) in [7, 11) is -2.66. The molecule has 8 heteroatoms. The Labute approximate surface area is 145 Å². The highest BCUT2D eigenvalue weighted by Crippen LogP contribution is 2.19. The first-order chi connectivity index (χ1) is 11.9. The largest absolute Gasteiger partial charge is 0.497 e. The topological polar surface area (TPSA) is 105 Å². The molecule has 1 amide bonds. The second-order valence-electron chi connectivity index (χ2n) is 5.02. The van der Waals surface area contributed by atoms with Crippen LogP contribution in [0.5, 0.6) is 11.5 Å². The molecule has 0 heterocycles. The minimum absolute atomic E-state index is 0.107. The quantitative estimate of drug-likeness (QED) is 0.843. The van der Waals surface area contributed by atoms with Crippen LogP contribution in [0.4, 0.5) is 0 Å². The van der Waals surface area contributed by atoms with Gasteiger partial charge in [0.2, 0.25) is 0 Å². The van der Waals surface area contributed by atoms with Crippen molar-refractivity contribution in [2.24, 2.45) is 0 Å². The number of nitriles is 1. The fourth-order valence-corrected chi connectivity index (χ4v) is 3.03. The number of hydrogen-bond donors (Lipinski definition) is 1. The third-order valence-electron chi connectivity index (χ3n) is 3.27. The van der Waals surface area contributed by atoms with Crippen molar-refractivity contribution < 1.29 is 22.7 Å². The summed E-state index contributed by atoms with van der Waals surface area (Å²) in [6.07, 6.45) is -1.12. The monoisotopic (exact) mass is 360 g/mol. The van der Waals surface area contributed by atoms with E-state index in [1.54, 1.807) is 18.2 Å². The number of rotatable bonds is 6. The average Bonchev–Trinajstić information content (AvgIpc) is 2.61. The number of amides is 1. The van der Waals surface area contributed by atoms with Gasteiger partial charge in [-0.15, -0.1) is 0 Å². The standard InChI is InChI=1S/C17H16N2O5S/c1-12(24-16-9-4-3-6-13(16)11-18)17(20)19-25(21,22)15-8-5-7-14(10-15)23-2/h3-10,12H,1-2H3,(H,19,20). The Hall–Kier alpha value is -3.05. The molecule has 2 aromatic rings. The number of methoxy groups -OCH3 is 1. The first kappa shape index (κ1) is 18.3. The first-order valence-electron chi connectivity index (χ1n) is 7.24. The molecule has 0 radical (unpaired) electrons. The van der Waals surface area contributed by atoms with Crippen LogP contribution in [0, 0.1) is 11.3 Å². The number of ether oxygens (including phenoxy) is 2. The van der Waals surface area contributed by atoms with Crippen LogP contribution in [0.1, 0.15) is 12.5 Å². The Balaban J connectivity index is 2.13. The minimum Gasteiger partial charge on any atom is -0.497 e. The number of hydrogen-bond acceptors (Lipinski definition) is 6. The Kier molecular flexibility index (Phi) is 5.62. The van der Waals surface area contributed by atoms with E-state index in [1.165, 1.54) is 44.4 Å². The second-order valence-corrected chi connectivity index (χ2v) is 6.70. The van der Waals surface area contributed by atoms with E-state index in [4.69, 9.17) is 14.7 Å². The first-order valence-corrected chi connectivity index (χ1v) is 8.72. The molecule has 0 fully saturated rings. The van der Waals surface area contributed by atoms with Gasteiger partial charge in [0.05, 0.1) is 17.6 Å². The molecule has 0 spiro atoms. The van der Waals surface area contributed by atoms with Gasteiger partial charge in [0.1, 0.15) is 17.6 Å². The molecular weight excluding hydrogens is 344 g/mol. The molecule has 1 N–H and O–H groups in total. The molecule has 0 aromatic heterocycles. The van der Waals surface area contributed by atoms with Gasteiger partial charge < -0.3 is 9.47 Å². The molecule has 130 valence electrons. The zero-order valence-corrected chi connectivity index (χ0v) is 14.4. The third-order valence-corrected chi connectivity index (χ3v) is 4.61. The molecule has 0 aliphatic rings. The van der Waals surface area contributed by atoms with Crippen LogP contribution in [0.2, 0.25) is 0 Å². The van der Waals surface area contributed by atoms with E-state index < -0.39 is 22.0 Å². The summed E-state index contributed by atoms with van der Waals surface area (Å²) in [5.74, 6) is -0.301. The maximum atomic E-state index is 12.3. The van der Waals surface area contributed by atoms with Crippen LogP contribution >= 0.6 is 0 Å². The lowest BCUT2D eigenvalue weighted by atomic mass is 10.2. The molecule has 1 unspecified atom stereocenters. The third kappa shape index (κ3) is 4.49. The van der Waals surface area contributed by atoms with Gasteiger partial charge in [-0.3, -0.25) is 4.79 Å². The predicted octanol–water partition coefficient (Wildman–Crippen LogP) is 1.84. The number of nitrogens with zero attached hydrogens (tertiary/aromatic N) is 1. The lowest BCUT2D eigenvalue weighted by Crippen LogP contribution is -2.40. The predicted molar refractivity (Wildman–Crippen MR) is 89.6 cm³/mol. The maximum Gasteiger partial charge on any atom is 0.274 e. The normalized spacial score (nSPS) is 11.9. The van der Waals surface area contributed by atoms with Crippen molar-refractivity contribution >= 4 is 15.9 Å². The van der Waals surface area contributed by atoms with E-state index >= 15 is 0 Å². The minimum atomic E-state index is -4.07. The van der Waals surface area contributed by atoms with Crippen LogP contribution in [0.3, 0.4) is 0 Å². The molecule has 0 bridgehead atoms. The smallest absolute Gasteiger partial charge is 0.274 e. The number of carbonyl (C=O) groups excluding carboxylic acids is 1. The van der Waals surface area contributed by atoms with E-state index in [-0.39, 0.29) is 16.2 Å². The second kappa shape index (κ2) is 7.68. The van der Waals surface area contributed by atoms with Crippen molar-refractivity contribution in [1.82, 2.24) is 4.72 Å². The number of sulfonamides is 1. The summed E-state index contributed by atoms with van der Waals surface area (Å²) in [4.78, 5) is 12.1. The fraction of sp³-hybridized carbons (Fsp3) is 0.176. The van der Waals surface area contributed by atoms with Gasteiger partial charge in [-0.25, -0.2) is 13.1 Å². The molecule has 7 nitrogen and oxygen atoms in total. The lowest BCUT2D eigenvalue weighted by Gasteiger charge is -2.15. The number of para-hydroxylation sites is 1. The summed E-state index contributed by atoms with van der Waals surface area (Å²) in [6, 6.07) is 14.0. The summed E-state index contributed by atoms with van der Waals surface area (Å²) < 4.78 is 36.9. The zero-order chi connectivity index (χ0) is 18.4. The van der Waals surface area contributed by atoms with Crippen molar-refractivity contribution in [3.8, 4) is 17.6 Å². The van der Waals surface area contributed by atoms with Crippen LogP contribution in [-0.2, 0) is 14.8 Å². The van der Waals surface area contributed by atoms with E-state index in [0.717, 1.165) is 0 Å². The van der Waals surface area contributed by atoms with Crippen LogP contribution in [0.25, 0.3) is 0 Å². The van der Waals surface area contributed by atoms with Gasteiger partial charge in [0.15, 0.2) is 6.10 Å². The molecular formula is C17H16N2O5S. The van der Waals surface area contributed by atoms with Gasteiger partial charge in [-0.2, -0.15) is 5.26 Å². The molecule has 1 atom stereocenters.